The monoisotopic (exact) mass is 391 g/mol. The van der Waals surface area contributed by atoms with Crippen LogP contribution >= 0.6 is 0 Å². The number of hydrogen-bond acceptors (Lipinski definition) is 6. The van der Waals surface area contributed by atoms with Crippen LogP contribution in [0.2, 0.25) is 0 Å². The van der Waals surface area contributed by atoms with Gasteiger partial charge in [0.2, 0.25) is 5.88 Å². The van der Waals surface area contributed by atoms with Gasteiger partial charge >= 0.3 is 0 Å². The molecule has 4 heterocycles. The van der Waals surface area contributed by atoms with E-state index < -0.39 is 0 Å². The molecule has 0 amide bonds. The number of fused-ring (bicyclic) bond motifs is 2. The number of hydrogen-bond donors (Lipinski definition) is 1. The molecule has 0 saturated carbocycles. The summed E-state index contributed by atoms with van der Waals surface area (Å²) in [7, 11) is 1.61. The highest BCUT2D eigenvalue weighted by molar-refractivity contribution is 5.43. The van der Waals surface area contributed by atoms with Crippen molar-refractivity contribution in [3.63, 3.8) is 0 Å². The predicted molar refractivity (Wildman–Crippen MR) is 108 cm³/mol. The van der Waals surface area contributed by atoms with Gasteiger partial charge in [-0.25, -0.2) is 4.98 Å². The van der Waals surface area contributed by atoms with Gasteiger partial charge in [0.15, 0.2) is 5.82 Å². The Labute approximate surface area is 170 Å². The topological polar surface area (TPSA) is 74.1 Å². The van der Waals surface area contributed by atoms with Crippen molar-refractivity contribution in [2.75, 3.05) is 26.8 Å². The van der Waals surface area contributed by atoms with Gasteiger partial charge in [0.25, 0.3) is 0 Å². The molecular formula is C22H25N5O2. The molecule has 29 heavy (non-hydrogen) atoms. The molecule has 7 nitrogen and oxygen atoms in total. The van der Waals surface area contributed by atoms with E-state index in [1.54, 1.807) is 13.3 Å². The van der Waals surface area contributed by atoms with Crippen molar-refractivity contribution in [2.24, 2.45) is 0 Å². The molecule has 2 aliphatic heterocycles. The third kappa shape index (κ3) is 3.01. The average Bonchev–Trinajstić information content (AvgIpc) is 3.16. The second-order valence-corrected chi connectivity index (χ2v) is 7.81. The molecule has 5 rings (SSSR count). The van der Waals surface area contributed by atoms with Crippen LogP contribution in [-0.2, 0) is 10.2 Å². The normalized spacial score (nSPS) is 20.4. The molecule has 0 aliphatic carbocycles. The molecule has 1 aromatic carbocycles. The average molecular weight is 391 g/mol. The van der Waals surface area contributed by atoms with Gasteiger partial charge in [0.05, 0.1) is 25.6 Å². The summed E-state index contributed by atoms with van der Waals surface area (Å²) in [4.78, 5) is 4.35. The van der Waals surface area contributed by atoms with Crippen LogP contribution in [0.15, 0.2) is 42.6 Å². The lowest BCUT2D eigenvalue weighted by Gasteiger charge is -2.44. The van der Waals surface area contributed by atoms with Crippen LogP contribution in [0.3, 0.4) is 0 Å². The number of nitrogens with zero attached hydrogens (tertiary/aromatic N) is 4. The maximum atomic E-state index is 6.51. The Balaban J connectivity index is 1.59. The summed E-state index contributed by atoms with van der Waals surface area (Å²) in [5, 5.41) is 12.3. The predicted octanol–water partition coefficient (Wildman–Crippen LogP) is 2.72. The summed E-state index contributed by atoms with van der Waals surface area (Å²) in [6.07, 6.45) is 3.70. The van der Waals surface area contributed by atoms with Crippen LogP contribution < -0.4 is 10.1 Å². The van der Waals surface area contributed by atoms with Crippen molar-refractivity contribution in [2.45, 2.75) is 31.3 Å². The lowest BCUT2D eigenvalue weighted by Crippen LogP contribution is -2.46. The highest BCUT2D eigenvalue weighted by Gasteiger charge is 2.43. The summed E-state index contributed by atoms with van der Waals surface area (Å²) in [6, 6.07) is 12.5. The summed E-state index contributed by atoms with van der Waals surface area (Å²) < 4.78 is 13.7. The summed E-state index contributed by atoms with van der Waals surface area (Å²) in [5.74, 6) is 2.16. The van der Waals surface area contributed by atoms with Crippen LogP contribution in [0.25, 0.3) is 5.69 Å². The van der Waals surface area contributed by atoms with Crippen LogP contribution in [0.1, 0.15) is 41.7 Å². The number of aryl methyl sites for hydroxylation is 1. The van der Waals surface area contributed by atoms with Gasteiger partial charge in [0, 0.05) is 11.5 Å². The van der Waals surface area contributed by atoms with Crippen molar-refractivity contribution in [3.8, 4) is 11.6 Å². The molecule has 0 radical (unpaired) electrons. The van der Waals surface area contributed by atoms with Gasteiger partial charge in [-0.3, -0.25) is 4.57 Å². The molecule has 2 aromatic heterocycles. The first-order valence-electron chi connectivity index (χ1n) is 10.1. The number of methoxy groups -OCH3 is 1. The molecule has 7 heteroatoms. The van der Waals surface area contributed by atoms with Crippen LogP contribution in [0.4, 0.5) is 0 Å². The number of benzene rings is 1. The molecule has 1 fully saturated rings. The van der Waals surface area contributed by atoms with Crippen LogP contribution in [-0.4, -0.2) is 46.6 Å². The highest BCUT2D eigenvalue weighted by atomic mass is 16.5. The smallest absolute Gasteiger partial charge is 0.213 e. The molecule has 1 N–H and O–H groups in total. The standard InChI is InChI=1S/C22H25N5O2/c1-15-25-26-21(27(15)16-7-8-19(28-2)24-13-16)20-17-5-3-4-6-18(17)22(14-29-20)9-11-23-12-10-22/h3-8,13,20,23H,9-12,14H2,1-2H3. The van der Waals surface area contributed by atoms with Gasteiger partial charge in [-0.1, -0.05) is 24.3 Å². The quantitative estimate of drug-likeness (QED) is 0.740. The van der Waals surface area contributed by atoms with E-state index >= 15 is 0 Å². The molecule has 2 aliphatic rings. The number of nitrogens with one attached hydrogen (secondary N) is 1. The van der Waals surface area contributed by atoms with Gasteiger partial charge in [-0.2, -0.15) is 0 Å². The minimum Gasteiger partial charge on any atom is -0.481 e. The van der Waals surface area contributed by atoms with E-state index in [1.807, 2.05) is 23.6 Å². The third-order valence-corrected chi connectivity index (χ3v) is 6.17. The van der Waals surface area contributed by atoms with Gasteiger partial charge < -0.3 is 14.8 Å². The number of piperidine rings is 1. The van der Waals surface area contributed by atoms with Gasteiger partial charge in [-0.15, -0.1) is 10.2 Å². The summed E-state index contributed by atoms with van der Waals surface area (Å²) in [6.45, 7) is 4.69. The minimum absolute atomic E-state index is 0.0832. The highest BCUT2D eigenvalue weighted by Crippen LogP contribution is 2.45. The molecule has 1 spiro atoms. The van der Waals surface area contributed by atoms with Crippen LogP contribution in [0, 0.1) is 6.92 Å². The van der Waals surface area contributed by atoms with E-state index in [0.29, 0.717) is 12.5 Å². The fourth-order valence-electron chi connectivity index (χ4n) is 4.64. The van der Waals surface area contributed by atoms with E-state index in [2.05, 4.69) is 44.8 Å². The first kappa shape index (κ1) is 18.3. The zero-order valence-corrected chi connectivity index (χ0v) is 16.8. The molecular weight excluding hydrogens is 366 g/mol. The molecule has 1 unspecified atom stereocenters. The number of aromatic nitrogens is 4. The van der Waals surface area contributed by atoms with Gasteiger partial charge in [-0.05, 0) is 50.0 Å². The largest absolute Gasteiger partial charge is 0.481 e. The number of pyridine rings is 1. The lowest BCUT2D eigenvalue weighted by molar-refractivity contribution is 0.00341. The molecule has 1 atom stereocenters. The maximum Gasteiger partial charge on any atom is 0.213 e. The molecule has 1 saturated heterocycles. The second kappa shape index (κ2) is 7.24. The fraction of sp³-hybridized carbons (Fsp3) is 0.409. The first-order chi connectivity index (χ1) is 14.2. The second-order valence-electron chi connectivity index (χ2n) is 7.81. The molecule has 0 bridgehead atoms. The van der Waals surface area contributed by atoms with Crippen molar-refractivity contribution in [3.05, 3.63) is 65.4 Å². The Morgan fingerprint density at radius 3 is 2.72 bits per heavy atom. The van der Waals surface area contributed by atoms with E-state index in [1.165, 1.54) is 11.1 Å². The zero-order valence-electron chi connectivity index (χ0n) is 16.8. The Hall–Kier alpha value is -2.77. The Morgan fingerprint density at radius 2 is 1.97 bits per heavy atom. The van der Waals surface area contributed by atoms with Crippen LogP contribution in [0.5, 0.6) is 5.88 Å². The zero-order chi connectivity index (χ0) is 19.8. The SMILES string of the molecule is COc1ccc(-n2c(C)nnc2C2OCC3(CCNCC3)c3ccccc32)cn1. The van der Waals surface area contributed by atoms with E-state index in [0.717, 1.165) is 43.3 Å². The van der Waals surface area contributed by atoms with Crippen molar-refractivity contribution >= 4 is 0 Å². The number of rotatable bonds is 3. The summed E-state index contributed by atoms with van der Waals surface area (Å²) >= 11 is 0. The minimum atomic E-state index is -0.255. The number of ether oxygens (including phenoxy) is 2. The van der Waals surface area contributed by atoms with Crippen molar-refractivity contribution < 1.29 is 9.47 Å². The van der Waals surface area contributed by atoms with E-state index in [9.17, 15) is 0 Å². The Kier molecular flexibility index (Phi) is 4.56. The van der Waals surface area contributed by atoms with E-state index in [4.69, 9.17) is 9.47 Å². The maximum absolute atomic E-state index is 6.51. The molecule has 150 valence electrons. The summed E-state index contributed by atoms with van der Waals surface area (Å²) in [5.41, 5.74) is 3.56. The van der Waals surface area contributed by atoms with Gasteiger partial charge in [0.1, 0.15) is 11.9 Å². The molecule has 3 aromatic rings. The fourth-order valence-corrected chi connectivity index (χ4v) is 4.64. The van der Waals surface area contributed by atoms with Crippen molar-refractivity contribution in [1.82, 2.24) is 25.1 Å². The Morgan fingerprint density at radius 1 is 1.14 bits per heavy atom. The van der Waals surface area contributed by atoms with E-state index in [-0.39, 0.29) is 11.5 Å². The lowest BCUT2D eigenvalue weighted by atomic mass is 9.70. The first-order valence-corrected chi connectivity index (χ1v) is 10.1. The Bertz CT molecular complexity index is 1010. The third-order valence-electron chi connectivity index (χ3n) is 6.17. The van der Waals surface area contributed by atoms with Crippen molar-refractivity contribution in [1.29, 1.82) is 0 Å².